The average Bonchev–Trinajstić information content (AvgIpc) is 3.36. The zero-order chi connectivity index (χ0) is 20.6. The zero-order valence-electron chi connectivity index (χ0n) is 15.9. The fourth-order valence-corrected chi connectivity index (χ4v) is 4.09. The summed E-state index contributed by atoms with van der Waals surface area (Å²) in [5.41, 5.74) is 1.81. The predicted molar refractivity (Wildman–Crippen MR) is 108 cm³/mol. The van der Waals surface area contributed by atoms with Crippen LogP contribution in [-0.2, 0) is 17.1 Å². The molecular weight excluding hydrogens is 392 g/mol. The minimum atomic E-state index is -3.87. The maximum Gasteiger partial charge on any atom is 0.265 e. The summed E-state index contributed by atoms with van der Waals surface area (Å²) in [6.45, 7) is 1.87. The number of aryl methyl sites for hydroxylation is 1. The van der Waals surface area contributed by atoms with E-state index in [4.69, 9.17) is 0 Å². The third kappa shape index (κ3) is 3.59. The van der Waals surface area contributed by atoms with Crippen molar-refractivity contribution >= 4 is 26.6 Å². The van der Waals surface area contributed by atoms with Crippen molar-refractivity contribution < 1.29 is 13.5 Å². The molecule has 150 valence electrons. The van der Waals surface area contributed by atoms with Crippen LogP contribution in [0.2, 0.25) is 0 Å². The molecule has 0 saturated carbocycles. The van der Waals surface area contributed by atoms with Gasteiger partial charge in [-0.15, -0.1) is 0 Å². The number of hydrogen-bond donors (Lipinski definition) is 2. The van der Waals surface area contributed by atoms with Crippen LogP contribution in [0.25, 0.3) is 16.7 Å². The van der Waals surface area contributed by atoms with Gasteiger partial charge in [0.1, 0.15) is 4.90 Å². The van der Waals surface area contributed by atoms with Crippen molar-refractivity contribution in [1.29, 1.82) is 0 Å². The number of rotatable bonds is 6. The van der Waals surface area contributed by atoms with E-state index in [0.29, 0.717) is 29.0 Å². The van der Waals surface area contributed by atoms with Crippen molar-refractivity contribution in [2.24, 2.45) is 7.05 Å². The van der Waals surface area contributed by atoms with Gasteiger partial charge in [-0.05, 0) is 30.2 Å². The lowest BCUT2D eigenvalue weighted by Crippen LogP contribution is -2.13. The monoisotopic (exact) mass is 412 g/mol. The van der Waals surface area contributed by atoms with Gasteiger partial charge in [0, 0.05) is 18.6 Å². The maximum absolute atomic E-state index is 12.9. The van der Waals surface area contributed by atoms with Gasteiger partial charge in [0.15, 0.2) is 5.82 Å². The van der Waals surface area contributed by atoms with E-state index >= 15 is 0 Å². The minimum absolute atomic E-state index is 0.0000792. The molecule has 0 saturated heterocycles. The summed E-state index contributed by atoms with van der Waals surface area (Å²) in [6.07, 6.45) is 5.82. The van der Waals surface area contributed by atoms with Gasteiger partial charge in [0.2, 0.25) is 0 Å². The second-order valence-electron chi connectivity index (χ2n) is 6.61. The van der Waals surface area contributed by atoms with Crippen LogP contribution in [0.5, 0.6) is 0 Å². The van der Waals surface area contributed by atoms with Gasteiger partial charge in [-0.25, -0.2) is 18.1 Å². The molecule has 3 aromatic heterocycles. The lowest BCUT2D eigenvalue weighted by molar-refractivity contribution is 0.173. The number of para-hydroxylation sites is 1. The van der Waals surface area contributed by atoms with E-state index in [0.717, 1.165) is 5.39 Å². The first-order valence-corrected chi connectivity index (χ1v) is 10.5. The van der Waals surface area contributed by atoms with Crippen LogP contribution < -0.4 is 4.72 Å². The van der Waals surface area contributed by atoms with Crippen molar-refractivity contribution in [3.63, 3.8) is 0 Å². The number of benzene rings is 1. The van der Waals surface area contributed by atoms with E-state index in [1.807, 2.05) is 13.0 Å². The number of sulfonamides is 1. The summed E-state index contributed by atoms with van der Waals surface area (Å²) < 4.78 is 31.4. The lowest BCUT2D eigenvalue weighted by atomic mass is 10.1. The Labute approximate surface area is 167 Å². The van der Waals surface area contributed by atoms with E-state index < -0.39 is 16.1 Å². The van der Waals surface area contributed by atoms with Crippen molar-refractivity contribution in [3.05, 3.63) is 60.7 Å². The summed E-state index contributed by atoms with van der Waals surface area (Å²) in [6, 6.07) is 8.71. The molecule has 3 heterocycles. The van der Waals surface area contributed by atoms with Crippen LogP contribution >= 0.6 is 0 Å². The third-order valence-electron chi connectivity index (χ3n) is 4.65. The molecule has 10 heteroatoms. The third-order valence-corrected chi connectivity index (χ3v) is 5.97. The number of hydrogen-bond acceptors (Lipinski definition) is 6. The standard InChI is InChI=1S/C19H20N6O3S/c1-3-17(26)13-7-8-20-18(9-13)25-12-15(11-22-25)29(27,28)23-16-6-4-5-14-10-21-24(2)19(14)16/h4-12,17,23,26H,3H2,1-2H3/t17-/m1/s1. The molecule has 0 amide bonds. The largest absolute Gasteiger partial charge is 0.388 e. The zero-order valence-corrected chi connectivity index (χ0v) is 16.7. The first kappa shape index (κ1) is 19.1. The molecule has 1 atom stereocenters. The van der Waals surface area contributed by atoms with Crippen LogP contribution in [-0.4, -0.2) is 38.1 Å². The molecule has 0 radical (unpaired) electrons. The molecule has 0 fully saturated rings. The quantitative estimate of drug-likeness (QED) is 0.502. The fourth-order valence-electron chi connectivity index (χ4n) is 3.09. The summed E-state index contributed by atoms with van der Waals surface area (Å²) in [7, 11) is -2.12. The number of nitrogens with one attached hydrogen (secondary N) is 1. The molecular formula is C19H20N6O3S. The Balaban J connectivity index is 1.66. The Morgan fingerprint density at radius 1 is 1.21 bits per heavy atom. The predicted octanol–water partition coefficient (Wildman–Crippen LogP) is 2.40. The number of nitrogens with zero attached hydrogens (tertiary/aromatic N) is 5. The SMILES string of the molecule is CC[C@@H](O)c1ccnc(-n2cc(S(=O)(=O)Nc3cccc4cnn(C)c34)cn2)c1. The number of anilines is 1. The normalized spacial score (nSPS) is 12.9. The molecule has 9 nitrogen and oxygen atoms in total. The van der Waals surface area contributed by atoms with Crippen molar-refractivity contribution in [3.8, 4) is 5.82 Å². The Morgan fingerprint density at radius 3 is 2.83 bits per heavy atom. The summed E-state index contributed by atoms with van der Waals surface area (Å²) >= 11 is 0. The van der Waals surface area contributed by atoms with Crippen molar-refractivity contribution in [2.45, 2.75) is 24.3 Å². The Bertz CT molecular complexity index is 1280. The summed E-state index contributed by atoms with van der Waals surface area (Å²) in [5.74, 6) is 0.421. The molecule has 1 aromatic carbocycles. The molecule has 0 spiro atoms. The molecule has 2 N–H and O–H groups in total. The number of aromatic nitrogens is 5. The molecule has 29 heavy (non-hydrogen) atoms. The van der Waals surface area contributed by atoms with Gasteiger partial charge >= 0.3 is 0 Å². The van der Waals surface area contributed by atoms with E-state index in [9.17, 15) is 13.5 Å². The Hall–Kier alpha value is -3.24. The Morgan fingerprint density at radius 2 is 2.03 bits per heavy atom. The van der Waals surface area contributed by atoms with Crippen LogP contribution in [0.1, 0.15) is 25.0 Å². The van der Waals surface area contributed by atoms with Gasteiger partial charge in [-0.3, -0.25) is 9.40 Å². The molecule has 0 unspecified atom stereocenters. The molecule has 0 aliphatic rings. The molecule has 4 rings (SSSR count). The molecule has 0 aliphatic heterocycles. The number of fused-ring (bicyclic) bond motifs is 1. The second-order valence-corrected chi connectivity index (χ2v) is 8.29. The van der Waals surface area contributed by atoms with Crippen molar-refractivity contribution in [2.75, 3.05) is 4.72 Å². The highest BCUT2D eigenvalue weighted by Crippen LogP contribution is 2.25. The van der Waals surface area contributed by atoms with Gasteiger partial charge in [-0.2, -0.15) is 10.2 Å². The van der Waals surface area contributed by atoms with Crippen LogP contribution in [0.15, 0.2) is 60.0 Å². The van der Waals surface area contributed by atoms with Gasteiger partial charge in [0.25, 0.3) is 10.0 Å². The highest BCUT2D eigenvalue weighted by molar-refractivity contribution is 7.92. The average molecular weight is 412 g/mol. The van der Waals surface area contributed by atoms with Gasteiger partial charge in [-0.1, -0.05) is 19.1 Å². The first-order chi connectivity index (χ1) is 13.9. The number of aliphatic hydroxyl groups is 1. The highest BCUT2D eigenvalue weighted by Gasteiger charge is 2.20. The van der Waals surface area contributed by atoms with Crippen LogP contribution in [0, 0.1) is 0 Å². The van der Waals surface area contributed by atoms with E-state index in [1.165, 1.54) is 17.1 Å². The smallest absolute Gasteiger partial charge is 0.265 e. The van der Waals surface area contributed by atoms with E-state index in [2.05, 4.69) is 19.9 Å². The number of pyridine rings is 1. The van der Waals surface area contributed by atoms with Crippen LogP contribution in [0.4, 0.5) is 5.69 Å². The summed E-state index contributed by atoms with van der Waals surface area (Å²) in [5, 5.41) is 19.1. The molecule has 4 aromatic rings. The van der Waals surface area contributed by atoms with Gasteiger partial charge < -0.3 is 5.11 Å². The maximum atomic E-state index is 12.9. The minimum Gasteiger partial charge on any atom is -0.388 e. The van der Waals surface area contributed by atoms with Gasteiger partial charge in [0.05, 0.1) is 35.9 Å². The number of aliphatic hydroxyl groups excluding tert-OH is 1. The Kier molecular flexibility index (Phi) is 4.81. The molecule has 0 bridgehead atoms. The second kappa shape index (κ2) is 7.30. The van der Waals surface area contributed by atoms with Crippen LogP contribution in [0.3, 0.4) is 0 Å². The topological polar surface area (TPSA) is 115 Å². The summed E-state index contributed by atoms with van der Waals surface area (Å²) in [4.78, 5) is 4.21. The van der Waals surface area contributed by atoms with Crippen molar-refractivity contribution in [1.82, 2.24) is 24.5 Å². The lowest BCUT2D eigenvalue weighted by Gasteiger charge is -2.09. The first-order valence-electron chi connectivity index (χ1n) is 9.01. The fraction of sp³-hybridized carbons (Fsp3) is 0.211. The van der Waals surface area contributed by atoms with E-state index in [1.54, 1.807) is 48.4 Å². The highest BCUT2D eigenvalue weighted by atomic mass is 32.2. The van der Waals surface area contributed by atoms with E-state index in [-0.39, 0.29) is 4.90 Å². The molecule has 0 aliphatic carbocycles.